The van der Waals surface area contributed by atoms with Crippen molar-refractivity contribution in [2.45, 2.75) is 0 Å². The van der Waals surface area contributed by atoms with Crippen LogP contribution in [0.4, 0.5) is 0 Å². The highest BCUT2D eigenvalue weighted by Crippen LogP contribution is 2.37. The van der Waals surface area contributed by atoms with Crippen molar-refractivity contribution in [2.24, 2.45) is 0 Å². The molecule has 0 aliphatic carbocycles. The fraction of sp³-hybridized carbons (Fsp3) is 0. The molecule has 1 heterocycles. The van der Waals surface area contributed by atoms with Crippen LogP contribution >= 0.6 is 15.9 Å². The highest BCUT2D eigenvalue weighted by molar-refractivity contribution is 9.10. The molecule has 152 valence electrons. The molecule has 2 heteroatoms. The van der Waals surface area contributed by atoms with Gasteiger partial charge in [0.25, 0.3) is 0 Å². The Morgan fingerprint density at radius 3 is 1.91 bits per heavy atom. The third-order valence-electron chi connectivity index (χ3n) is 6.07. The summed E-state index contributed by atoms with van der Waals surface area (Å²) < 4.78 is 3.47. The molecule has 5 aromatic carbocycles. The molecule has 6 aromatic rings. The van der Waals surface area contributed by atoms with E-state index in [1.807, 2.05) is 0 Å². The fourth-order valence-electron chi connectivity index (χ4n) is 4.55. The molecule has 0 spiro atoms. The van der Waals surface area contributed by atoms with Gasteiger partial charge in [0.05, 0.1) is 11.0 Å². The van der Waals surface area contributed by atoms with Crippen LogP contribution in [0.25, 0.3) is 49.7 Å². The van der Waals surface area contributed by atoms with E-state index in [9.17, 15) is 0 Å². The zero-order valence-electron chi connectivity index (χ0n) is 17.4. The number of rotatable bonds is 3. The lowest BCUT2D eigenvalue weighted by molar-refractivity contribution is 1.18. The molecule has 0 radical (unpaired) electrons. The Labute approximate surface area is 195 Å². The molecule has 0 bridgehead atoms. The molecule has 1 aromatic heterocycles. The van der Waals surface area contributed by atoms with Crippen LogP contribution < -0.4 is 0 Å². The van der Waals surface area contributed by atoms with Crippen molar-refractivity contribution in [1.29, 1.82) is 0 Å². The Kier molecular flexibility index (Phi) is 4.66. The summed E-state index contributed by atoms with van der Waals surface area (Å²) in [4.78, 5) is 0. The van der Waals surface area contributed by atoms with Gasteiger partial charge in [-0.25, -0.2) is 0 Å². The number of hydrogen-bond donors (Lipinski definition) is 0. The second-order valence-electron chi connectivity index (χ2n) is 7.98. The highest BCUT2D eigenvalue weighted by atomic mass is 79.9. The minimum absolute atomic E-state index is 1.10. The summed E-state index contributed by atoms with van der Waals surface area (Å²) >= 11 is 3.74. The quantitative estimate of drug-likeness (QED) is 0.241. The van der Waals surface area contributed by atoms with E-state index in [-0.39, 0.29) is 0 Å². The standard InChI is InChI=1S/C30H20BrN/c31-28-18-16-22(19-27(28)21-9-3-1-4-10-21)23-15-17-26-25-13-7-8-14-29(25)32(30(26)20-23)24-11-5-2-6-12-24/h1-20H. The lowest BCUT2D eigenvalue weighted by Gasteiger charge is -2.11. The van der Waals surface area contributed by atoms with Gasteiger partial charge in [0, 0.05) is 20.9 Å². The lowest BCUT2D eigenvalue weighted by atomic mass is 9.98. The van der Waals surface area contributed by atoms with E-state index in [0.29, 0.717) is 0 Å². The largest absolute Gasteiger partial charge is 0.309 e. The van der Waals surface area contributed by atoms with Gasteiger partial charge in [0.1, 0.15) is 0 Å². The van der Waals surface area contributed by atoms with Crippen molar-refractivity contribution >= 4 is 37.7 Å². The van der Waals surface area contributed by atoms with Gasteiger partial charge in [-0.15, -0.1) is 0 Å². The normalized spacial score (nSPS) is 11.3. The van der Waals surface area contributed by atoms with Crippen LogP contribution in [0.1, 0.15) is 0 Å². The van der Waals surface area contributed by atoms with E-state index in [2.05, 4.69) is 142 Å². The van der Waals surface area contributed by atoms with Crippen molar-refractivity contribution in [3.05, 3.63) is 126 Å². The average molecular weight is 474 g/mol. The molecule has 32 heavy (non-hydrogen) atoms. The molecule has 0 saturated heterocycles. The lowest BCUT2D eigenvalue weighted by Crippen LogP contribution is -1.93. The minimum Gasteiger partial charge on any atom is -0.309 e. The van der Waals surface area contributed by atoms with Gasteiger partial charge >= 0.3 is 0 Å². The SMILES string of the molecule is Brc1ccc(-c2ccc3c4ccccc4n(-c4ccccc4)c3c2)cc1-c1ccccc1. The molecule has 0 amide bonds. The highest BCUT2D eigenvalue weighted by Gasteiger charge is 2.13. The van der Waals surface area contributed by atoms with Gasteiger partial charge in [0.2, 0.25) is 0 Å². The Hall–Kier alpha value is -3.62. The summed E-state index contributed by atoms with van der Waals surface area (Å²) in [7, 11) is 0. The van der Waals surface area contributed by atoms with E-state index in [1.165, 1.54) is 49.7 Å². The second kappa shape index (κ2) is 7.81. The van der Waals surface area contributed by atoms with Crippen LogP contribution in [-0.4, -0.2) is 4.57 Å². The number of aromatic nitrogens is 1. The zero-order valence-corrected chi connectivity index (χ0v) is 19.0. The maximum Gasteiger partial charge on any atom is 0.0547 e. The first-order valence-electron chi connectivity index (χ1n) is 10.7. The second-order valence-corrected chi connectivity index (χ2v) is 8.84. The maximum absolute atomic E-state index is 3.74. The number of halogens is 1. The molecule has 1 nitrogen and oxygen atoms in total. The summed E-state index contributed by atoms with van der Waals surface area (Å²) in [6, 6.07) is 43.2. The van der Waals surface area contributed by atoms with Crippen LogP contribution in [0.2, 0.25) is 0 Å². The van der Waals surface area contributed by atoms with Crippen molar-refractivity contribution < 1.29 is 0 Å². The molecule has 0 fully saturated rings. The van der Waals surface area contributed by atoms with Gasteiger partial charge in [-0.3, -0.25) is 0 Å². The molecular formula is C30H20BrN. The van der Waals surface area contributed by atoms with Crippen LogP contribution in [0, 0.1) is 0 Å². The third-order valence-corrected chi connectivity index (χ3v) is 6.76. The van der Waals surface area contributed by atoms with Crippen LogP contribution in [0.15, 0.2) is 126 Å². The molecule has 0 aliphatic rings. The average Bonchev–Trinajstić information content (AvgIpc) is 3.19. The van der Waals surface area contributed by atoms with Crippen molar-refractivity contribution in [3.8, 4) is 27.9 Å². The molecule has 0 unspecified atom stereocenters. The van der Waals surface area contributed by atoms with Gasteiger partial charge in [0.15, 0.2) is 0 Å². The van der Waals surface area contributed by atoms with Crippen LogP contribution in [0.3, 0.4) is 0 Å². The summed E-state index contributed by atoms with van der Waals surface area (Å²) in [5, 5.41) is 2.55. The third kappa shape index (κ3) is 3.16. The summed E-state index contributed by atoms with van der Waals surface area (Å²) in [6.07, 6.45) is 0. The van der Waals surface area contributed by atoms with E-state index >= 15 is 0 Å². The number of benzene rings is 5. The predicted octanol–water partition coefficient (Wildman–Crippen LogP) is 8.88. The Morgan fingerprint density at radius 1 is 0.469 bits per heavy atom. The summed E-state index contributed by atoms with van der Waals surface area (Å²) in [6.45, 7) is 0. The maximum atomic E-state index is 3.74. The van der Waals surface area contributed by atoms with E-state index in [0.717, 1.165) is 4.47 Å². The van der Waals surface area contributed by atoms with Crippen LogP contribution in [-0.2, 0) is 0 Å². The molecule has 0 saturated carbocycles. The number of nitrogens with zero attached hydrogens (tertiary/aromatic N) is 1. The first kappa shape index (κ1) is 19.1. The molecule has 0 atom stereocenters. The Balaban J connectivity index is 1.59. The number of para-hydroxylation sites is 2. The van der Waals surface area contributed by atoms with Crippen molar-refractivity contribution in [3.63, 3.8) is 0 Å². The monoisotopic (exact) mass is 473 g/mol. The molecule has 6 rings (SSSR count). The Morgan fingerprint density at radius 2 is 1.09 bits per heavy atom. The van der Waals surface area contributed by atoms with Crippen molar-refractivity contribution in [2.75, 3.05) is 0 Å². The first-order chi connectivity index (χ1) is 15.8. The van der Waals surface area contributed by atoms with Gasteiger partial charge < -0.3 is 4.57 Å². The fourth-order valence-corrected chi connectivity index (χ4v) is 5.02. The van der Waals surface area contributed by atoms with Crippen molar-refractivity contribution in [1.82, 2.24) is 4.57 Å². The van der Waals surface area contributed by atoms with E-state index < -0.39 is 0 Å². The number of hydrogen-bond acceptors (Lipinski definition) is 0. The van der Waals surface area contributed by atoms with Crippen LogP contribution in [0.5, 0.6) is 0 Å². The molecular weight excluding hydrogens is 454 g/mol. The molecule has 0 aliphatic heterocycles. The van der Waals surface area contributed by atoms with Gasteiger partial charge in [-0.2, -0.15) is 0 Å². The van der Waals surface area contributed by atoms with Gasteiger partial charge in [-0.05, 0) is 58.7 Å². The molecule has 0 N–H and O–H groups in total. The first-order valence-corrected chi connectivity index (χ1v) is 11.5. The number of fused-ring (bicyclic) bond motifs is 3. The summed E-state index contributed by atoms with van der Waals surface area (Å²) in [5.74, 6) is 0. The van der Waals surface area contributed by atoms with E-state index in [4.69, 9.17) is 0 Å². The zero-order chi connectivity index (χ0) is 21.5. The predicted molar refractivity (Wildman–Crippen MR) is 139 cm³/mol. The smallest absolute Gasteiger partial charge is 0.0547 e. The van der Waals surface area contributed by atoms with E-state index in [1.54, 1.807) is 0 Å². The van der Waals surface area contributed by atoms with Gasteiger partial charge in [-0.1, -0.05) is 101 Å². The summed E-state index contributed by atoms with van der Waals surface area (Å²) in [5.41, 5.74) is 8.45. The topological polar surface area (TPSA) is 4.93 Å². The minimum atomic E-state index is 1.10. The Bertz CT molecular complexity index is 1560.